The van der Waals surface area contributed by atoms with Crippen LogP contribution in [0.15, 0.2) is 12.1 Å². The van der Waals surface area contributed by atoms with Gasteiger partial charge in [0.15, 0.2) is 0 Å². The molecule has 1 aromatic rings. The quantitative estimate of drug-likeness (QED) is 0.583. The minimum absolute atomic E-state index is 0. The maximum Gasteiger partial charge on any atom is 0.127 e. The highest BCUT2D eigenvalue weighted by Gasteiger charge is 2.31. The predicted molar refractivity (Wildman–Crippen MR) is 73.6 cm³/mol. The van der Waals surface area contributed by atoms with E-state index in [4.69, 9.17) is 5.73 Å². The summed E-state index contributed by atoms with van der Waals surface area (Å²) in [6, 6.07) is 1.36. The van der Waals surface area contributed by atoms with Crippen LogP contribution in [0.1, 0.15) is 37.3 Å². The summed E-state index contributed by atoms with van der Waals surface area (Å²) in [7, 11) is 0. The highest BCUT2D eigenvalue weighted by molar-refractivity contribution is 5.85. The van der Waals surface area contributed by atoms with Crippen LogP contribution in [0.25, 0.3) is 0 Å². The molecule has 1 aliphatic rings. The Kier molecular flexibility index (Phi) is 5.29. The lowest BCUT2D eigenvalue weighted by molar-refractivity contribution is 0.0826. The number of aliphatic hydroxyl groups excluding tert-OH is 1. The molecule has 5 nitrogen and oxygen atoms in total. The molecule has 0 spiro atoms. The third-order valence-electron chi connectivity index (χ3n) is 3.71. The minimum atomic E-state index is -0.853. The summed E-state index contributed by atoms with van der Waals surface area (Å²) >= 11 is 0. The van der Waals surface area contributed by atoms with Crippen LogP contribution in [-0.4, -0.2) is 26.5 Å². The van der Waals surface area contributed by atoms with Crippen LogP contribution in [0.5, 0.6) is 17.2 Å². The molecule has 0 saturated heterocycles. The van der Waals surface area contributed by atoms with Gasteiger partial charge in [-0.05, 0) is 18.8 Å². The van der Waals surface area contributed by atoms with E-state index in [0.717, 1.165) is 37.8 Å². The fourth-order valence-corrected chi connectivity index (χ4v) is 2.71. The fourth-order valence-electron chi connectivity index (χ4n) is 2.71. The molecule has 6 N–H and O–H groups in total. The summed E-state index contributed by atoms with van der Waals surface area (Å²) in [6.07, 6.45) is 3.17. The average molecular weight is 290 g/mol. The first-order valence-electron chi connectivity index (χ1n) is 6.19. The molecule has 19 heavy (non-hydrogen) atoms. The van der Waals surface area contributed by atoms with Crippen LogP contribution in [0, 0.1) is 5.92 Å². The van der Waals surface area contributed by atoms with Gasteiger partial charge >= 0.3 is 0 Å². The van der Waals surface area contributed by atoms with Crippen molar-refractivity contribution in [2.45, 2.75) is 37.8 Å². The molecule has 0 unspecified atom stereocenters. The number of phenolic OH excluding ortho intramolecular Hbond substituents is 3. The van der Waals surface area contributed by atoms with Crippen molar-refractivity contribution in [1.29, 1.82) is 0 Å². The Morgan fingerprint density at radius 3 is 2.00 bits per heavy atom. The largest absolute Gasteiger partial charge is 0.508 e. The standard InChI is InChI=1S/C13H19NO4.ClH/c14-12(13(18)7-3-1-2-4-7)11-9(16)5-8(15)6-10(11)17;/h5-7,12-13,15-18H,1-4,14H2;1H/t12-,13+;/m0./s1. The van der Waals surface area contributed by atoms with Gasteiger partial charge in [0, 0.05) is 12.1 Å². The molecule has 0 heterocycles. The van der Waals surface area contributed by atoms with Gasteiger partial charge in [-0.2, -0.15) is 0 Å². The number of halogens is 1. The zero-order chi connectivity index (χ0) is 13.3. The van der Waals surface area contributed by atoms with E-state index in [9.17, 15) is 20.4 Å². The monoisotopic (exact) mass is 289 g/mol. The maximum absolute atomic E-state index is 10.2. The van der Waals surface area contributed by atoms with E-state index < -0.39 is 12.1 Å². The average Bonchev–Trinajstić information content (AvgIpc) is 2.79. The van der Waals surface area contributed by atoms with Gasteiger partial charge in [0.2, 0.25) is 0 Å². The van der Waals surface area contributed by atoms with Crippen molar-refractivity contribution in [2.24, 2.45) is 11.7 Å². The highest BCUT2D eigenvalue weighted by atomic mass is 35.5. The first kappa shape index (κ1) is 15.9. The second kappa shape index (κ2) is 6.32. The number of nitrogens with two attached hydrogens (primary N) is 1. The Bertz CT molecular complexity index is 412. The van der Waals surface area contributed by atoms with Crippen molar-refractivity contribution < 1.29 is 20.4 Å². The second-order valence-electron chi connectivity index (χ2n) is 4.96. The van der Waals surface area contributed by atoms with Crippen molar-refractivity contribution >= 4 is 12.4 Å². The number of phenols is 3. The van der Waals surface area contributed by atoms with E-state index in [1.165, 1.54) is 0 Å². The van der Waals surface area contributed by atoms with Gasteiger partial charge in [0.05, 0.1) is 17.7 Å². The van der Waals surface area contributed by atoms with Crippen molar-refractivity contribution in [3.05, 3.63) is 17.7 Å². The molecule has 1 aliphatic carbocycles. The first-order valence-corrected chi connectivity index (χ1v) is 6.19. The normalized spacial score (nSPS) is 18.8. The van der Waals surface area contributed by atoms with Crippen molar-refractivity contribution in [3.63, 3.8) is 0 Å². The molecule has 1 aromatic carbocycles. The summed E-state index contributed by atoms with van der Waals surface area (Å²) < 4.78 is 0. The molecule has 0 bridgehead atoms. The SMILES string of the molecule is Cl.N[C@@H](c1c(O)cc(O)cc1O)[C@H](O)C1CCCC1. The summed E-state index contributed by atoms with van der Waals surface area (Å²) in [6.45, 7) is 0. The zero-order valence-electron chi connectivity index (χ0n) is 10.5. The van der Waals surface area contributed by atoms with Crippen LogP contribution in [0.4, 0.5) is 0 Å². The molecular formula is C13H20ClNO4. The Labute approximate surface area is 118 Å². The molecule has 2 rings (SSSR count). The third kappa shape index (κ3) is 3.23. The number of benzene rings is 1. The highest BCUT2D eigenvalue weighted by Crippen LogP contribution is 2.40. The lowest BCUT2D eigenvalue weighted by atomic mass is 9.90. The van der Waals surface area contributed by atoms with E-state index in [1.54, 1.807) is 0 Å². The number of rotatable bonds is 3. The van der Waals surface area contributed by atoms with Crippen molar-refractivity contribution in [1.82, 2.24) is 0 Å². The van der Waals surface area contributed by atoms with Crippen LogP contribution in [0.3, 0.4) is 0 Å². The zero-order valence-corrected chi connectivity index (χ0v) is 11.3. The maximum atomic E-state index is 10.2. The third-order valence-corrected chi connectivity index (χ3v) is 3.71. The van der Waals surface area contributed by atoms with E-state index in [-0.39, 0.29) is 41.1 Å². The molecule has 1 saturated carbocycles. The Balaban J connectivity index is 0.00000180. The van der Waals surface area contributed by atoms with Gasteiger partial charge in [-0.1, -0.05) is 12.8 Å². The minimum Gasteiger partial charge on any atom is -0.508 e. The molecule has 0 aliphatic heterocycles. The van der Waals surface area contributed by atoms with E-state index in [1.807, 2.05) is 0 Å². The van der Waals surface area contributed by atoms with Gasteiger partial charge < -0.3 is 26.2 Å². The summed E-state index contributed by atoms with van der Waals surface area (Å²) in [5.41, 5.74) is 6.01. The van der Waals surface area contributed by atoms with Gasteiger partial charge in [-0.25, -0.2) is 0 Å². The molecule has 2 atom stereocenters. The molecular weight excluding hydrogens is 270 g/mol. The Hall–Kier alpha value is -1.17. The fraction of sp³-hybridized carbons (Fsp3) is 0.538. The number of aliphatic hydroxyl groups is 1. The predicted octanol–water partition coefficient (Wildman–Crippen LogP) is 1.78. The van der Waals surface area contributed by atoms with Gasteiger partial charge in [0.1, 0.15) is 17.2 Å². The van der Waals surface area contributed by atoms with Gasteiger partial charge in [-0.15, -0.1) is 12.4 Å². The summed E-state index contributed by atoms with van der Waals surface area (Å²) in [5, 5.41) is 38.9. The molecule has 0 amide bonds. The second-order valence-corrected chi connectivity index (χ2v) is 4.96. The van der Waals surface area contributed by atoms with Crippen molar-refractivity contribution in [2.75, 3.05) is 0 Å². The Morgan fingerprint density at radius 1 is 1.05 bits per heavy atom. The molecule has 0 radical (unpaired) electrons. The topological polar surface area (TPSA) is 107 Å². The van der Waals surface area contributed by atoms with Crippen LogP contribution >= 0.6 is 12.4 Å². The van der Waals surface area contributed by atoms with Crippen LogP contribution in [0.2, 0.25) is 0 Å². The number of hydrogen-bond donors (Lipinski definition) is 5. The van der Waals surface area contributed by atoms with E-state index >= 15 is 0 Å². The molecule has 6 heteroatoms. The Morgan fingerprint density at radius 2 is 1.53 bits per heavy atom. The van der Waals surface area contributed by atoms with Gasteiger partial charge in [-0.3, -0.25) is 0 Å². The summed E-state index contributed by atoms with van der Waals surface area (Å²) in [5.74, 6) is -0.724. The first-order chi connectivity index (χ1) is 8.50. The van der Waals surface area contributed by atoms with Crippen LogP contribution in [-0.2, 0) is 0 Å². The lowest BCUT2D eigenvalue weighted by Gasteiger charge is -2.25. The van der Waals surface area contributed by atoms with Crippen molar-refractivity contribution in [3.8, 4) is 17.2 Å². The smallest absolute Gasteiger partial charge is 0.127 e. The molecule has 108 valence electrons. The van der Waals surface area contributed by atoms with Crippen LogP contribution < -0.4 is 5.73 Å². The number of hydrogen-bond acceptors (Lipinski definition) is 5. The lowest BCUT2D eigenvalue weighted by Crippen LogP contribution is -2.32. The molecule has 1 fully saturated rings. The number of aromatic hydroxyl groups is 3. The van der Waals surface area contributed by atoms with E-state index in [0.29, 0.717) is 0 Å². The van der Waals surface area contributed by atoms with Gasteiger partial charge in [0.25, 0.3) is 0 Å². The van der Waals surface area contributed by atoms with E-state index in [2.05, 4.69) is 0 Å². The summed E-state index contributed by atoms with van der Waals surface area (Å²) in [4.78, 5) is 0. The molecule has 0 aromatic heterocycles.